The second-order valence-corrected chi connectivity index (χ2v) is 9.52. The predicted molar refractivity (Wildman–Crippen MR) is 125 cm³/mol. The molecule has 33 heavy (non-hydrogen) atoms. The van der Waals surface area contributed by atoms with Gasteiger partial charge in [0.15, 0.2) is 0 Å². The number of carboxylic acid groups (broad SMARTS) is 1. The number of carbonyl (C=O) groups is 2. The van der Waals surface area contributed by atoms with Crippen LogP contribution in [-0.4, -0.2) is 48.2 Å². The Balaban J connectivity index is 1.26. The smallest absolute Gasteiger partial charge is 0.329 e. The predicted octanol–water partition coefficient (Wildman–Crippen LogP) is 4.84. The third-order valence-corrected chi connectivity index (χ3v) is 7.32. The average molecular weight is 452 g/mol. The van der Waals surface area contributed by atoms with E-state index < -0.39 is 5.97 Å². The van der Waals surface area contributed by atoms with E-state index in [0.717, 1.165) is 5.69 Å². The van der Waals surface area contributed by atoms with E-state index in [2.05, 4.69) is 12.1 Å². The normalized spacial score (nSPS) is 20.3. The van der Waals surface area contributed by atoms with Gasteiger partial charge in [0.1, 0.15) is 5.82 Å². The van der Waals surface area contributed by atoms with Gasteiger partial charge in [0.2, 0.25) is 0 Å². The Hall–Kier alpha value is -2.93. The first kappa shape index (κ1) is 21.9. The molecule has 2 aliphatic heterocycles. The number of nitrogens with zero attached hydrogens (tertiary/aromatic N) is 3. The number of anilines is 2. The number of hydrogen-bond acceptors (Lipinski definition) is 3. The van der Waals surface area contributed by atoms with Gasteiger partial charge in [-0.3, -0.25) is 19.5 Å². The van der Waals surface area contributed by atoms with Gasteiger partial charge >= 0.3 is 12.0 Å². The number of likely N-dealkylation sites (tertiary alicyclic amines) is 1. The van der Waals surface area contributed by atoms with Gasteiger partial charge in [0.25, 0.3) is 0 Å². The topological polar surface area (TPSA) is 64.1 Å². The van der Waals surface area contributed by atoms with Crippen molar-refractivity contribution in [2.24, 2.45) is 5.92 Å². The molecule has 3 fully saturated rings. The number of urea groups is 1. The summed E-state index contributed by atoms with van der Waals surface area (Å²) in [6.45, 7) is 2.34. The minimum atomic E-state index is -0.802. The van der Waals surface area contributed by atoms with Gasteiger partial charge in [-0.1, -0.05) is 37.5 Å². The van der Waals surface area contributed by atoms with Crippen LogP contribution in [0.2, 0.25) is 0 Å². The Morgan fingerprint density at radius 2 is 1.67 bits per heavy atom. The third-order valence-electron chi connectivity index (χ3n) is 7.32. The lowest BCUT2D eigenvalue weighted by atomic mass is 9.84. The number of carboxylic acids is 1. The van der Waals surface area contributed by atoms with Gasteiger partial charge in [-0.15, -0.1) is 0 Å². The summed E-state index contributed by atoms with van der Waals surface area (Å²) in [5, 5.41) is 9.00. The molecule has 2 saturated heterocycles. The number of halogens is 1. The van der Waals surface area contributed by atoms with E-state index in [4.69, 9.17) is 5.11 Å². The van der Waals surface area contributed by atoms with Crippen molar-refractivity contribution < 1.29 is 19.1 Å². The molecule has 5 rings (SSSR count). The molecule has 2 amide bonds. The van der Waals surface area contributed by atoms with Crippen LogP contribution in [0.5, 0.6) is 0 Å². The summed E-state index contributed by atoms with van der Waals surface area (Å²) in [6, 6.07) is 13.1. The fourth-order valence-corrected chi connectivity index (χ4v) is 5.33. The van der Waals surface area contributed by atoms with E-state index >= 15 is 0 Å². The second-order valence-electron chi connectivity index (χ2n) is 9.52. The lowest BCUT2D eigenvalue weighted by Crippen LogP contribution is -2.49. The summed E-state index contributed by atoms with van der Waals surface area (Å²) in [6.07, 6.45) is 6.27. The Morgan fingerprint density at radius 3 is 2.33 bits per heavy atom. The van der Waals surface area contributed by atoms with Crippen LogP contribution in [0.1, 0.15) is 49.1 Å². The minimum absolute atomic E-state index is 0.130. The van der Waals surface area contributed by atoms with Crippen LogP contribution in [0.25, 0.3) is 0 Å². The van der Waals surface area contributed by atoms with Crippen molar-refractivity contribution in [2.45, 2.75) is 44.6 Å². The summed E-state index contributed by atoms with van der Waals surface area (Å²) in [5.74, 6) is -0.955. The van der Waals surface area contributed by atoms with Crippen LogP contribution in [0.15, 0.2) is 42.5 Å². The number of rotatable bonds is 6. The molecule has 2 heterocycles. The van der Waals surface area contributed by atoms with E-state index in [9.17, 15) is 14.0 Å². The number of hydrogen-bond donors (Lipinski definition) is 1. The molecule has 2 aromatic rings. The molecule has 0 unspecified atom stereocenters. The highest BCUT2D eigenvalue weighted by Gasteiger charge is 2.34. The zero-order valence-electron chi connectivity index (χ0n) is 18.8. The van der Waals surface area contributed by atoms with Gasteiger partial charge in [-0.25, -0.2) is 9.18 Å². The molecule has 0 atom stereocenters. The Bertz CT molecular complexity index is 1050. The molecule has 7 heteroatoms. The minimum Gasteiger partial charge on any atom is -0.481 e. The van der Waals surface area contributed by atoms with Crippen LogP contribution in [0, 0.1) is 11.7 Å². The summed E-state index contributed by atoms with van der Waals surface area (Å²) >= 11 is 0. The molecule has 6 nitrogen and oxygen atoms in total. The highest BCUT2D eigenvalue weighted by atomic mass is 19.1. The fraction of sp³-hybridized carbons (Fsp3) is 0.462. The standard InChI is InChI=1S/C26H30FN3O3/c27-24-14-23(10-9-20(24)15-28-16-21(17-28)25(31)32)30-12-11-29(26(30)33)22-8-4-7-19(13-22)18-5-2-1-3-6-18/h4,7-10,13-14,18,21H,1-3,5-6,11-12,15-17H2,(H,31,32). The highest BCUT2D eigenvalue weighted by molar-refractivity contribution is 6.06. The largest absolute Gasteiger partial charge is 0.481 e. The molecule has 174 valence electrons. The number of aliphatic carboxylic acids is 1. The van der Waals surface area contributed by atoms with E-state index in [1.54, 1.807) is 21.9 Å². The summed E-state index contributed by atoms with van der Waals surface area (Å²) in [4.78, 5) is 29.5. The number of benzene rings is 2. The lowest BCUT2D eigenvalue weighted by Gasteiger charge is -2.36. The molecule has 1 saturated carbocycles. The number of amides is 2. The maximum atomic E-state index is 14.8. The maximum Gasteiger partial charge on any atom is 0.329 e. The first-order valence-corrected chi connectivity index (χ1v) is 11.9. The van der Waals surface area contributed by atoms with Crippen molar-refractivity contribution in [1.82, 2.24) is 4.90 Å². The summed E-state index contributed by atoms with van der Waals surface area (Å²) in [7, 11) is 0. The van der Waals surface area contributed by atoms with Gasteiger partial charge in [-0.05, 0) is 48.6 Å². The first-order chi connectivity index (χ1) is 16.0. The van der Waals surface area contributed by atoms with Crippen LogP contribution >= 0.6 is 0 Å². The lowest BCUT2D eigenvalue weighted by molar-refractivity contribution is -0.147. The molecule has 0 radical (unpaired) electrons. The third kappa shape index (κ3) is 4.47. The van der Waals surface area contributed by atoms with Gasteiger partial charge in [0.05, 0.1) is 5.92 Å². The molecular formula is C26H30FN3O3. The van der Waals surface area contributed by atoms with E-state index in [0.29, 0.717) is 49.9 Å². The van der Waals surface area contributed by atoms with Crippen molar-refractivity contribution in [2.75, 3.05) is 36.0 Å². The van der Waals surface area contributed by atoms with Gasteiger partial charge < -0.3 is 5.11 Å². The molecule has 1 aliphatic carbocycles. The van der Waals surface area contributed by atoms with Crippen molar-refractivity contribution in [3.63, 3.8) is 0 Å². The Labute approximate surface area is 193 Å². The Morgan fingerprint density at radius 1 is 0.970 bits per heavy atom. The monoisotopic (exact) mass is 451 g/mol. The summed E-state index contributed by atoms with van der Waals surface area (Å²) in [5.41, 5.74) is 3.30. The van der Waals surface area contributed by atoms with Crippen LogP contribution in [0.3, 0.4) is 0 Å². The van der Waals surface area contributed by atoms with Crippen molar-refractivity contribution in [3.05, 3.63) is 59.4 Å². The molecule has 0 aromatic heterocycles. The van der Waals surface area contributed by atoms with Crippen LogP contribution in [-0.2, 0) is 11.3 Å². The quantitative estimate of drug-likeness (QED) is 0.683. The molecular weight excluding hydrogens is 421 g/mol. The molecule has 2 aromatic carbocycles. The zero-order chi connectivity index (χ0) is 22.9. The molecule has 0 spiro atoms. The fourth-order valence-electron chi connectivity index (χ4n) is 5.33. The van der Waals surface area contributed by atoms with E-state index in [-0.39, 0.29) is 17.8 Å². The van der Waals surface area contributed by atoms with Gasteiger partial charge in [0, 0.05) is 49.7 Å². The van der Waals surface area contributed by atoms with Crippen molar-refractivity contribution in [1.29, 1.82) is 0 Å². The van der Waals surface area contributed by atoms with Crippen LogP contribution in [0.4, 0.5) is 20.6 Å². The average Bonchev–Trinajstić information content (AvgIpc) is 3.18. The molecule has 0 bridgehead atoms. The van der Waals surface area contributed by atoms with Gasteiger partial charge in [-0.2, -0.15) is 0 Å². The first-order valence-electron chi connectivity index (χ1n) is 11.9. The molecule has 3 aliphatic rings. The highest BCUT2D eigenvalue weighted by Crippen LogP contribution is 2.35. The van der Waals surface area contributed by atoms with Crippen molar-refractivity contribution in [3.8, 4) is 0 Å². The maximum absolute atomic E-state index is 14.8. The SMILES string of the molecule is O=C(O)C1CN(Cc2ccc(N3CCN(c4cccc(C5CCCCC5)c4)C3=O)cc2F)C1. The van der Waals surface area contributed by atoms with Crippen LogP contribution < -0.4 is 9.80 Å². The zero-order valence-corrected chi connectivity index (χ0v) is 18.8. The number of carbonyl (C=O) groups excluding carboxylic acids is 1. The Kier molecular flexibility index (Phi) is 6.06. The summed E-state index contributed by atoms with van der Waals surface area (Å²) < 4.78 is 14.8. The van der Waals surface area contributed by atoms with E-state index in [1.807, 2.05) is 17.0 Å². The second kappa shape index (κ2) is 9.14. The van der Waals surface area contributed by atoms with Crippen molar-refractivity contribution >= 4 is 23.4 Å². The van der Waals surface area contributed by atoms with E-state index in [1.165, 1.54) is 43.7 Å². The molecule has 1 N–H and O–H groups in total.